The van der Waals surface area contributed by atoms with Gasteiger partial charge in [0.05, 0.1) is 19.0 Å². The standard InChI is InChI=1S/C17H23NO3.C2H6/c19-16-4-8-18(13-16)7-1-9-20-10-5-14-2-3-17-15(12-14)6-11-21-17;1-2/h2-3,6,11-12,16,19H,1,4-5,7-10,13H2;1-2H3. The molecule has 0 radical (unpaired) electrons. The first-order valence-corrected chi connectivity index (χ1v) is 8.75. The van der Waals surface area contributed by atoms with Crippen LogP contribution < -0.4 is 0 Å². The molecule has 1 atom stereocenters. The first-order chi connectivity index (χ1) is 11.3. The molecule has 3 rings (SSSR count). The Hall–Kier alpha value is -1.36. The second-order valence-corrected chi connectivity index (χ2v) is 5.75. The van der Waals surface area contributed by atoms with Crippen molar-refractivity contribution >= 4 is 11.0 Å². The lowest BCUT2D eigenvalue weighted by Gasteiger charge is -2.14. The largest absolute Gasteiger partial charge is 0.464 e. The predicted octanol–water partition coefficient (Wildman–Crippen LogP) is 3.47. The van der Waals surface area contributed by atoms with Crippen LogP contribution in [0.15, 0.2) is 34.9 Å². The van der Waals surface area contributed by atoms with Crippen molar-refractivity contribution in [3.8, 4) is 0 Å². The van der Waals surface area contributed by atoms with Crippen molar-refractivity contribution in [2.45, 2.75) is 39.2 Å². The minimum atomic E-state index is -0.122. The molecular formula is C19H29NO3. The van der Waals surface area contributed by atoms with E-state index in [9.17, 15) is 5.11 Å². The zero-order valence-corrected chi connectivity index (χ0v) is 14.3. The Bertz CT molecular complexity index is 566. The molecule has 1 saturated heterocycles. The summed E-state index contributed by atoms with van der Waals surface area (Å²) in [6.07, 6.45) is 4.48. The third-order valence-corrected chi connectivity index (χ3v) is 4.06. The van der Waals surface area contributed by atoms with Crippen LogP contribution in [0.4, 0.5) is 0 Å². The van der Waals surface area contributed by atoms with Crippen molar-refractivity contribution < 1.29 is 14.3 Å². The van der Waals surface area contributed by atoms with E-state index in [4.69, 9.17) is 9.15 Å². The summed E-state index contributed by atoms with van der Waals surface area (Å²) in [5.41, 5.74) is 2.22. The van der Waals surface area contributed by atoms with Crippen LogP contribution in [0, 0.1) is 0 Å². The van der Waals surface area contributed by atoms with E-state index in [0.29, 0.717) is 0 Å². The van der Waals surface area contributed by atoms with Gasteiger partial charge in [-0.15, -0.1) is 0 Å². The summed E-state index contributed by atoms with van der Waals surface area (Å²) in [6.45, 7) is 8.42. The van der Waals surface area contributed by atoms with Crippen LogP contribution >= 0.6 is 0 Å². The quantitative estimate of drug-likeness (QED) is 0.794. The predicted molar refractivity (Wildman–Crippen MR) is 93.8 cm³/mol. The molecule has 4 heteroatoms. The molecule has 1 aromatic heterocycles. The van der Waals surface area contributed by atoms with Gasteiger partial charge >= 0.3 is 0 Å². The highest BCUT2D eigenvalue weighted by Gasteiger charge is 2.18. The highest BCUT2D eigenvalue weighted by molar-refractivity contribution is 5.77. The van der Waals surface area contributed by atoms with E-state index in [1.807, 2.05) is 26.0 Å². The number of aliphatic hydroxyl groups is 1. The maximum absolute atomic E-state index is 9.45. The summed E-state index contributed by atoms with van der Waals surface area (Å²) >= 11 is 0. The molecule has 0 spiro atoms. The third-order valence-electron chi connectivity index (χ3n) is 4.06. The normalized spacial score (nSPS) is 18.1. The monoisotopic (exact) mass is 319 g/mol. The van der Waals surface area contributed by atoms with E-state index in [1.54, 1.807) is 6.26 Å². The van der Waals surface area contributed by atoms with Gasteiger partial charge in [0.2, 0.25) is 0 Å². The molecule has 1 aliphatic rings. The maximum Gasteiger partial charge on any atom is 0.133 e. The summed E-state index contributed by atoms with van der Waals surface area (Å²) in [4.78, 5) is 2.31. The summed E-state index contributed by atoms with van der Waals surface area (Å²) < 4.78 is 11.0. The van der Waals surface area contributed by atoms with Crippen LogP contribution in [0.5, 0.6) is 0 Å². The van der Waals surface area contributed by atoms with Gasteiger partial charge in [0.15, 0.2) is 0 Å². The van der Waals surface area contributed by atoms with Crippen molar-refractivity contribution in [1.82, 2.24) is 4.90 Å². The van der Waals surface area contributed by atoms with Crippen LogP contribution in [-0.2, 0) is 11.2 Å². The highest BCUT2D eigenvalue weighted by atomic mass is 16.5. The van der Waals surface area contributed by atoms with E-state index in [2.05, 4.69) is 17.0 Å². The average Bonchev–Trinajstić information content (AvgIpc) is 3.21. The second-order valence-electron chi connectivity index (χ2n) is 5.75. The van der Waals surface area contributed by atoms with Gasteiger partial charge < -0.3 is 19.2 Å². The Morgan fingerprint density at radius 3 is 2.91 bits per heavy atom. The topological polar surface area (TPSA) is 45.8 Å². The Balaban J connectivity index is 0.000000924. The van der Waals surface area contributed by atoms with Gasteiger partial charge in [0.1, 0.15) is 5.58 Å². The van der Waals surface area contributed by atoms with E-state index in [1.165, 1.54) is 5.56 Å². The molecule has 0 bridgehead atoms. The molecule has 2 heterocycles. The van der Waals surface area contributed by atoms with Crippen molar-refractivity contribution in [2.24, 2.45) is 0 Å². The zero-order valence-electron chi connectivity index (χ0n) is 14.3. The van der Waals surface area contributed by atoms with E-state index in [-0.39, 0.29) is 6.10 Å². The molecule has 0 aliphatic carbocycles. The summed E-state index contributed by atoms with van der Waals surface area (Å²) in [5.74, 6) is 0. The lowest BCUT2D eigenvalue weighted by atomic mass is 10.1. The molecule has 0 amide bonds. The van der Waals surface area contributed by atoms with Gasteiger partial charge in [0, 0.05) is 31.6 Å². The second kappa shape index (κ2) is 9.71. The number of likely N-dealkylation sites (tertiary alicyclic amines) is 1. The molecular weight excluding hydrogens is 290 g/mol. The summed E-state index contributed by atoms with van der Waals surface area (Å²) in [7, 11) is 0. The van der Waals surface area contributed by atoms with Crippen LogP contribution in [0.2, 0.25) is 0 Å². The zero-order chi connectivity index (χ0) is 16.5. The number of benzene rings is 1. The van der Waals surface area contributed by atoms with Crippen molar-refractivity contribution in [1.29, 1.82) is 0 Å². The maximum atomic E-state index is 9.45. The minimum absolute atomic E-state index is 0.122. The lowest BCUT2D eigenvalue weighted by Crippen LogP contribution is -2.24. The Kier molecular flexibility index (Phi) is 7.59. The molecule has 1 unspecified atom stereocenters. The Labute approximate surface area is 139 Å². The third kappa shape index (κ3) is 5.65. The molecule has 0 saturated carbocycles. The molecule has 1 fully saturated rings. The van der Waals surface area contributed by atoms with E-state index in [0.717, 1.165) is 63.1 Å². The van der Waals surface area contributed by atoms with Gasteiger partial charge in [0.25, 0.3) is 0 Å². The molecule has 1 aromatic carbocycles. The van der Waals surface area contributed by atoms with E-state index < -0.39 is 0 Å². The minimum Gasteiger partial charge on any atom is -0.464 e. The van der Waals surface area contributed by atoms with E-state index >= 15 is 0 Å². The number of fused-ring (bicyclic) bond motifs is 1. The molecule has 128 valence electrons. The number of hydrogen-bond donors (Lipinski definition) is 1. The molecule has 23 heavy (non-hydrogen) atoms. The SMILES string of the molecule is CC.OC1CCN(CCCOCCc2ccc3occc3c2)C1. The Morgan fingerprint density at radius 1 is 1.26 bits per heavy atom. The van der Waals surface area contributed by atoms with Gasteiger partial charge in [-0.3, -0.25) is 0 Å². The number of aliphatic hydroxyl groups excluding tert-OH is 1. The number of hydrogen-bond acceptors (Lipinski definition) is 4. The first kappa shape index (κ1) is 18.0. The number of nitrogens with zero attached hydrogens (tertiary/aromatic N) is 1. The molecule has 2 aromatic rings. The van der Waals surface area contributed by atoms with Crippen LogP contribution in [0.25, 0.3) is 11.0 Å². The van der Waals surface area contributed by atoms with Gasteiger partial charge in [-0.05, 0) is 43.0 Å². The van der Waals surface area contributed by atoms with Gasteiger partial charge in [-0.2, -0.15) is 0 Å². The number of β-amino-alcohol motifs (C(OH)–C–C–N with tert-alkyl or cyclic N) is 1. The molecule has 1 aliphatic heterocycles. The number of ether oxygens (including phenoxy) is 1. The number of furan rings is 1. The van der Waals surface area contributed by atoms with Crippen LogP contribution in [0.1, 0.15) is 32.3 Å². The Morgan fingerprint density at radius 2 is 2.13 bits per heavy atom. The smallest absolute Gasteiger partial charge is 0.133 e. The van der Waals surface area contributed by atoms with Crippen molar-refractivity contribution in [2.75, 3.05) is 32.8 Å². The fourth-order valence-corrected chi connectivity index (χ4v) is 2.87. The molecule has 4 nitrogen and oxygen atoms in total. The summed E-state index contributed by atoms with van der Waals surface area (Å²) in [5, 5.41) is 10.6. The highest BCUT2D eigenvalue weighted by Crippen LogP contribution is 2.17. The van der Waals surface area contributed by atoms with Gasteiger partial charge in [-0.1, -0.05) is 19.9 Å². The average molecular weight is 319 g/mol. The first-order valence-electron chi connectivity index (χ1n) is 8.75. The summed E-state index contributed by atoms with van der Waals surface area (Å²) in [6, 6.07) is 8.27. The van der Waals surface area contributed by atoms with Crippen molar-refractivity contribution in [3.05, 3.63) is 36.1 Å². The molecule has 1 N–H and O–H groups in total. The fraction of sp³-hybridized carbons (Fsp3) is 0.579. The van der Waals surface area contributed by atoms with Crippen LogP contribution in [0.3, 0.4) is 0 Å². The number of rotatable bonds is 7. The van der Waals surface area contributed by atoms with Gasteiger partial charge in [-0.25, -0.2) is 0 Å². The van der Waals surface area contributed by atoms with Crippen molar-refractivity contribution in [3.63, 3.8) is 0 Å². The fourth-order valence-electron chi connectivity index (χ4n) is 2.87. The lowest BCUT2D eigenvalue weighted by molar-refractivity contribution is 0.122. The van der Waals surface area contributed by atoms with Crippen LogP contribution in [-0.4, -0.2) is 49.0 Å².